The zero-order chi connectivity index (χ0) is 14.9. The fourth-order valence-corrected chi connectivity index (χ4v) is 2.81. The number of alkyl halides is 3. The van der Waals surface area contributed by atoms with Crippen molar-refractivity contribution in [3.05, 3.63) is 50.0 Å². The smallest absolute Gasteiger partial charge is 0.339 e. The van der Waals surface area contributed by atoms with Gasteiger partial charge in [-0.2, -0.15) is 13.2 Å². The molecule has 0 aliphatic rings. The summed E-state index contributed by atoms with van der Waals surface area (Å²) >= 11 is 12.2. The third-order valence-electron chi connectivity index (χ3n) is 2.32. The first-order valence-electron chi connectivity index (χ1n) is 5.22. The van der Waals surface area contributed by atoms with Crippen LogP contribution < -0.4 is 5.32 Å². The standard InChI is InChI=1S/C12H6Br2ClF3N2/c13-7-1-2-9(8(14)5-7)19-11-4-6(12(16,17)18)3-10(15)20-11/h1-5H,(H,19,20). The lowest BCUT2D eigenvalue weighted by molar-refractivity contribution is -0.137. The lowest BCUT2D eigenvalue weighted by Gasteiger charge is -2.12. The Labute approximate surface area is 134 Å². The predicted molar refractivity (Wildman–Crippen MR) is 79.4 cm³/mol. The molecule has 0 saturated heterocycles. The number of rotatable bonds is 2. The molecule has 1 aromatic carbocycles. The van der Waals surface area contributed by atoms with Gasteiger partial charge in [0.05, 0.1) is 11.3 Å². The molecule has 0 unspecified atom stereocenters. The van der Waals surface area contributed by atoms with Crippen molar-refractivity contribution in [3.63, 3.8) is 0 Å². The molecule has 0 spiro atoms. The van der Waals surface area contributed by atoms with E-state index in [0.29, 0.717) is 10.2 Å². The van der Waals surface area contributed by atoms with Crippen LogP contribution in [0.15, 0.2) is 39.3 Å². The van der Waals surface area contributed by atoms with Crippen LogP contribution in [0.5, 0.6) is 0 Å². The van der Waals surface area contributed by atoms with Crippen LogP contribution in [0.2, 0.25) is 5.15 Å². The van der Waals surface area contributed by atoms with Crippen molar-refractivity contribution in [2.45, 2.75) is 6.18 Å². The number of hydrogen-bond donors (Lipinski definition) is 1. The highest BCUT2D eigenvalue weighted by atomic mass is 79.9. The van der Waals surface area contributed by atoms with Gasteiger partial charge in [-0.15, -0.1) is 0 Å². The van der Waals surface area contributed by atoms with E-state index in [4.69, 9.17) is 11.6 Å². The van der Waals surface area contributed by atoms with E-state index in [1.807, 2.05) is 0 Å². The summed E-state index contributed by atoms with van der Waals surface area (Å²) < 4.78 is 39.6. The van der Waals surface area contributed by atoms with Gasteiger partial charge in [0.15, 0.2) is 0 Å². The molecule has 0 aliphatic carbocycles. The van der Waals surface area contributed by atoms with Crippen molar-refractivity contribution >= 4 is 55.0 Å². The number of benzene rings is 1. The quantitative estimate of drug-likeness (QED) is 0.589. The summed E-state index contributed by atoms with van der Waals surface area (Å²) in [5.41, 5.74) is -0.274. The second kappa shape index (κ2) is 5.91. The fraction of sp³-hybridized carbons (Fsp3) is 0.0833. The summed E-state index contributed by atoms with van der Waals surface area (Å²) in [5, 5.41) is 2.56. The maximum atomic E-state index is 12.7. The van der Waals surface area contributed by atoms with E-state index in [2.05, 4.69) is 42.2 Å². The summed E-state index contributed by atoms with van der Waals surface area (Å²) in [5.74, 6) is 0.0212. The third-order valence-corrected chi connectivity index (χ3v) is 3.66. The summed E-state index contributed by atoms with van der Waals surface area (Å²) in [6.07, 6.45) is -4.47. The van der Waals surface area contributed by atoms with Crippen LogP contribution in [-0.2, 0) is 6.18 Å². The van der Waals surface area contributed by atoms with E-state index in [-0.39, 0.29) is 11.0 Å². The molecule has 1 heterocycles. The highest BCUT2D eigenvalue weighted by Crippen LogP contribution is 2.34. The molecule has 0 aliphatic heterocycles. The topological polar surface area (TPSA) is 24.9 Å². The van der Waals surface area contributed by atoms with Crippen molar-refractivity contribution < 1.29 is 13.2 Å². The van der Waals surface area contributed by atoms with Gasteiger partial charge in [0.25, 0.3) is 0 Å². The van der Waals surface area contributed by atoms with Crippen LogP contribution in [0.3, 0.4) is 0 Å². The van der Waals surface area contributed by atoms with Crippen molar-refractivity contribution in [1.29, 1.82) is 0 Å². The van der Waals surface area contributed by atoms with E-state index < -0.39 is 11.7 Å². The van der Waals surface area contributed by atoms with Crippen molar-refractivity contribution in [3.8, 4) is 0 Å². The predicted octanol–water partition coefficient (Wildman–Crippen LogP) is 6.02. The third kappa shape index (κ3) is 3.86. The van der Waals surface area contributed by atoms with Crippen molar-refractivity contribution in [2.24, 2.45) is 0 Å². The fourth-order valence-electron chi connectivity index (χ4n) is 1.45. The number of pyridine rings is 1. The molecule has 2 nitrogen and oxygen atoms in total. The normalized spacial score (nSPS) is 11.5. The van der Waals surface area contributed by atoms with Gasteiger partial charge in [-0.05, 0) is 46.3 Å². The molecule has 0 radical (unpaired) electrons. The first-order valence-corrected chi connectivity index (χ1v) is 7.19. The Bertz CT molecular complexity index is 647. The second-order valence-electron chi connectivity index (χ2n) is 3.81. The maximum Gasteiger partial charge on any atom is 0.416 e. The van der Waals surface area contributed by atoms with Gasteiger partial charge in [-0.25, -0.2) is 4.98 Å². The number of anilines is 2. The number of nitrogens with one attached hydrogen (secondary N) is 1. The minimum absolute atomic E-state index is 0.0212. The van der Waals surface area contributed by atoms with Gasteiger partial charge in [0.2, 0.25) is 0 Å². The number of halogens is 6. The van der Waals surface area contributed by atoms with Crippen LogP contribution in [0.1, 0.15) is 5.56 Å². The van der Waals surface area contributed by atoms with E-state index in [9.17, 15) is 13.2 Å². The highest BCUT2D eigenvalue weighted by Gasteiger charge is 2.31. The molecule has 0 atom stereocenters. The van der Waals surface area contributed by atoms with Crippen molar-refractivity contribution in [2.75, 3.05) is 5.32 Å². The van der Waals surface area contributed by atoms with E-state index in [1.165, 1.54) is 0 Å². The molecule has 2 aromatic rings. The Morgan fingerprint density at radius 2 is 1.80 bits per heavy atom. The Balaban J connectivity index is 2.36. The van der Waals surface area contributed by atoms with Gasteiger partial charge >= 0.3 is 6.18 Å². The highest BCUT2D eigenvalue weighted by molar-refractivity contribution is 9.11. The molecule has 1 N–H and O–H groups in total. The Hall–Kier alpha value is -0.790. The molecule has 0 saturated carbocycles. The molecule has 0 amide bonds. The Kier molecular flexibility index (Phi) is 4.61. The summed E-state index contributed by atoms with van der Waals surface area (Å²) in [4.78, 5) is 3.83. The Morgan fingerprint density at radius 3 is 2.40 bits per heavy atom. The van der Waals surface area contributed by atoms with Gasteiger partial charge in [0, 0.05) is 8.95 Å². The summed E-state index contributed by atoms with van der Waals surface area (Å²) in [6.45, 7) is 0. The summed E-state index contributed by atoms with van der Waals surface area (Å²) in [6, 6.07) is 6.90. The lowest BCUT2D eigenvalue weighted by atomic mass is 10.2. The minimum atomic E-state index is -4.47. The first kappa shape index (κ1) is 15.6. The molecular formula is C12H6Br2ClF3N2. The number of nitrogens with zero attached hydrogens (tertiary/aromatic N) is 1. The zero-order valence-electron chi connectivity index (χ0n) is 9.60. The Morgan fingerprint density at radius 1 is 1.10 bits per heavy atom. The molecule has 0 fully saturated rings. The zero-order valence-corrected chi connectivity index (χ0v) is 13.5. The average Bonchev–Trinajstić information content (AvgIpc) is 2.31. The molecule has 8 heteroatoms. The van der Waals surface area contributed by atoms with Crippen LogP contribution in [0, 0.1) is 0 Å². The number of hydrogen-bond acceptors (Lipinski definition) is 2. The number of aromatic nitrogens is 1. The molecule has 2 rings (SSSR count). The van der Waals surface area contributed by atoms with Gasteiger partial charge in [0.1, 0.15) is 11.0 Å². The van der Waals surface area contributed by atoms with Gasteiger partial charge < -0.3 is 5.32 Å². The van der Waals surface area contributed by atoms with Crippen molar-refractivity contribution in [1.82, 2.24) is 4.98 Å². The van der Waals surface area contributed by atoms with E-state index >= 15 is 0 Å². The molecule has 20 heavy (non-hydrogen) atoms. The molecular weight excluding hydrogens is 424 g/mol. The minimum Gasteiger partial charge on any atom is -0.339 e. The largest absolute Gasteiger partial charge is 0.416 e. The van der Waals surface area contributed by atoms with Crippen LogP contribution in [0.4, 0.5) is 24.7 Å². The van der Waals surface area contributed by atoms with Crippen LogP contribution in [0.25, 0.3) is 0 Å². The second-order valence-corrected chi connectivity index (χ2v) is 5.97. The first-order chi connectivity index (χ1) is 9.25. The maximum absolute atomic E-state index is 12.7. The SMILES string of the molecule is FC(F)(F)c1cc(Cl)nc(Nc2ccc(Br)cc2Br)c1. The van der Waals surface area contributed by atoms with E-state index in [1.54, 1.807) is 18.2 Å². The molecule has 106 valence electrons. The molecule has 0 bridgehead atoms. The lowest BCUT2D eigenvalue weighted by Crippen LogP contribution is -2.06. The monoisotopic (exact) mass is 428 g/mol. The van der Waals surface area contributed by atoms with Gasteiger partial charge in [-0.1, -0.05) is 27.5 Å². The molecule has 1 aromatic heterocycles. The van der Waals surface area contributed by atoms with E-state index in [0.717, 1.165) is 16.6 Å². The average molecular weight is 430 g/mol. The van der Waals surface area contributed by atoms with Crippen LogP contribution in [-0.4, -0.2) is 4.98 Å². The summed E-state index contributed by atoms with van der Waals surface area (Å²) in [7, 11) is 0. The van der Waals surface area contributed by atoms with Gasteiger partial charge in [-0.3, -0.25) is 0 Å². The van der Waals surface area contributed by atoms with Crippen LogP contribution >= 0.6 is 43.5 Å².